The summed E-state index contributed by atoms with van der Waals surface area (Å²) in [6.45, 7) is 5.13. The molecule has 0 fully saturated rings. The summed E-state index contributed by atoms with van der Waals surface area (Å²) in [4.78, 5) is 8.01. The fraction of sp³-hybridized carbons (Fsp3) is 0.462. The van der Waals surface area contributed by atoms with Crippen LogP contribution in [0.2, 0.25) is 0 Å². The highest BCUT2D eigenvalue weighted by molar-refractivity contribution is 5.55. The van der Waals surface area contributed by atoms with Crippen LogP contribution in [0.1, 0.15) is 30.8 Å². The third-order valence-corrected chi connectivity index (χ3v) is 2.99. The lowest BCUT2D eigenvalue weighted by Crippen LogP contribution is -2.17. The van der Waals surface area contributed by atoms with Crippen molar-refractivity contribution < 1.29 is 4.42 Å². The third kappa shape index (κ3) is 2.42. The van der Waals surface area contributed by atoms with Crippen LogP contribution in [-0.4, -0.2) is 23.6 Å². The van der Waals surface area contributed by atoms with Crippen molar-refractivity contribution in [1.29, 1.82) is 0 Å². The van der Waals surface area contributed by atoms with Crippen molar-refractivity contribution in [3.63, 3.8) is 0 Å². The average Bonchev–Trinajstić information content (AvgIpc) is 2.94. The maximum Gasteiger partial charge on any atom is 0.154 e. The number of aromatic nitrogens is 2. The van der Waals surface area contributed by atoms with E-state index in [1.54, 1.807) is 6.26 Å². The Morgan fingerprint density at radius 3 is 2.94 bits per heavy atom. The minimum absolute atomic E-state index is 0.419. The largest absolute Gasteiger partial charge is 0.463 e. The molecule has 1 atom stereocenters. The molecule has 0 aromatic carbocycles. The van der Waals surface area contributed by atoms with Crippen molar-refractivity contribution >= 4 is 0 Å². The molecular formula is C13H19N3O. The molecule has 4 nitrogen and oxygen atoms in total. The van der Waals surface area contributed by atoms with Gasteiger partial charge in [0.05, 0.1) is 6.26 Å². The van der Waals surface area contributed by atoms with Gasteiger partial charge >= 0.3 is 0 Å². The first kappa shape index (κ1) is 11.9. The molecule has 2 N–H and O–H groups in total. The van der Waals surface area contributed by atoms with E-state index in [0.717, 1.165) is 35.9 Å². The molecule has 0 radical (unpaired) electrons. The number of likely N-dealkylation sites (N-methyl/N-ethyl adjacent to an activating group) is 1. The third-order valence-electron chi connectivity index (χ3n) is 2.99. The Labute approximate surface area is 101 Å². The Hall–Kier alpha value is -1.55. The quantitative estimate of drug-likeness (QED) is 0.834. The van der Waals surface area contributed by atoms with Gasteiger partial charge in [-0.2, -0.15) is 0 Å². The smallest absolute Gasteiger partial charge is 0.154 e. The zero-order chi connectivity index (χ0) is 12.3. The number of hydrogen-bond donors (Lipinski definition) is 2. The molecule has 0 aliphatic carbocycles. The van der Waals surface area contributed by atoms with Gasteiger partial charge in [-0.05, 0) is 32.5 Å². The number of imidazole rings is 1. The minimum atomic E-state index is 0.419. The van der Waals surface area contributed by atoms with E-state index in [1.807, 2.05) is 26.1 Å². The molecule has 4 heteroatoms. The molecule has 2 heterocycles. The Morgan fingerprint density at radius 2 is 2.35 bits per heavy atom. The summed E-state index contributed by atoms with van der Waals surface area (Å²) in [7, 11) is 1.96. The van der Waals surface area contributed by atoms with E-state index in [0.29, 0.717) is 5.92 Å². The molecule has 0 bridgehead atoms. The van der Waals surface area contributed by atoms with Crippen LogP contribution in [0.4, 0.5) is 0 Å². The van der Waals surface area contributed by atoms with Gasteiger partial charge in [0.15, 0.2) is 5.76 Å². The van der Waals surface area contributed by atoms with Crippen LogP contribution >= 0.6 is 0 Å². The van der Waals surface area contributed by atoms with Gasteiger partial charge in [-0.25, -0.2) is 4.98 Å². The highest BCUT2D eigenvalue weighted by Gasteiger charge is 2.16. The Bertz CT molecular complexity index is 459. The van der Waals surface area contributed by atoms with Gasteiger partial charge in [0, 0.05) is 18.2 Å². The molecule has 0 aliphatic heterocycles. The highest BCUT2D eigenvalue weighted by Crippen LogP contribution is 2.25. The molecule has 92 valence electrons. The van der Waals surface area contributed by atoms with Gasteiger partial charge in [-0.3, -0.25) is 0 Å². The van der Waals surface area contributed by atoms with Crippen molar-refractivity contribution in [2.24, 2.45) is 0 Å². The second-order valence-electron chi connectivity index (χ2n) is 4.24. The van der Waals surface area contributed by atoms with Crippen molar-refractivity contribution in [2.45, 2.75) is 26.2 Å². The highest BCUT2D eigenvalue weighted by atomic mass is 16.3. The summed E-state index contributed by atoms with van der Waals surface area (Å²) in [5.74, 6) is 2.28. The summed E-state index contributed by atoms with van der Waals surface area (Å²) in [6, 6.07) is 3.82. The number of aromatic amines is 1. The fourth-order valence-corrected chi connectivity index (χ4v) is 2.01. The zero-order valence-electron chi connectivity index (χ0n) is 10.6. The maximum absolute atomic E-state index is 5.39. The number of H-pyrrole nitrogens is 1. The van der Waals surface area contributed by atoms with E-state index in [-0.39, 0.29) is 0 Å². The molecule has 0 aliphatic rings. The molecule has 0 spiro atoms. The van der Waals surface area contributed by atoms with Gasteiger partial charge in [-0.1, -0.05) is 6.92 Å². The average molecular weight is 233 g/mol. The van der Waals surface area contributed by atoms with E-state index >= 15 is 0 Å². The minimum Gasteiger partial charge on any atom is -0.463 e. The monoisotopic (exact) mass is 233 g/mol. The molecule has 2 aromatic heterocycles. The first-order valence-electron chi connectivity index (χ1n) is 6.01. The van der Waals surface area contributed by atoms with E-state index in [9.17, 15) is 0 Å². The lowest BCUT2D eigenvalue weighted by Gasteiger charge is -2.10. The molecule has 2 aromatic rings. The lowest BCUT2D eigenvalue weighted by atomic mass is 10.1. The maximum atomic E-state index is 5.39. The van der Waals surface area contributed by atoms with Crippen molar-refractivity contribution in [1.82, 2.24) is 15.3 Å². The Balaban J connectivity index is 2.29. The van der Waals surface area contributed by atoms with Crippen LogP contribution in [0.3, 0.4) is 0 Å². The number of aryl methyl sites for hydroxylation is 1. The summed E-state index contributed by atoms with van der Waals surface area (Å²) < 4.78 is 5.39. The number of rotatable bonds is 5. The molecule has 0 saturated heterocycles. The standard InChI is InChI=1S/C13H19N3O/c1-4-10(8-14-3)13-15-9(2)12(16-13)11-6-5-7-17-11/h5-7,10,14H,4,8H2,1-3H3,(H,15,16). The van der Waals surface area contributed by atoms with Crippen LogP contribution in [0, 0.1) is 6.92 Å². The molecule has 17 heavy (non-hydrogen) atoms. The zero-order valence-corrected chi connectivity index (χ0v) is 10.6. The van der Waals surface area contributed by atoms with Crippen LogP contribution in [0.5, 0.6) is 0 Å². The lowest BCUT2D eigenvalue weighted by molar-refractivity contribution is 0.575. The normalized spacial score (nSPS) is 12.9. The summed E-state index contributed by atoms with van der Waals surface area (Å²) in [5, 5.41) is 3.20. The molecule has 2 rings (SSSR count). The van der Waals surface area contributed by atoms with Gasteiger partial charge in [-0.15, -0.1) is 0 Å². The van der Waals surface area contributed by atoms with Crippen LogP contribution < -0.4 is 5.32 Å². The number of nitrogens with zero attached hydrogens (tertiary/aromatic N) is 1. The number of furan rings is 1. The van der Waals surface area contributed by atoms with E-state index < -0.39 is 0 Å². The predicted molar refractivity (Wildman–Crippen MR) is 68.0 cm³/mol. The van der Waals surface area contributed by atoms with Crippen molar-refractivity contribution in [3.05, 3.63) is 29.9 Å². The van der Waals surface area contributed by atoms with Gasteiger partial charge in [0.2, 0.25) is 0 Å². The van der Waals surface area contributed by atoms with Crippen molar-refractivity contribution in [3.8, 4) is 11.5 Å². The van der Waals surface area contributed by atoms with Gasteiger partial charge < -0.3 is 14.7 Å². The number of hydrogen-bond acceptors (Lipinski definition) is 3. The first-order valence-corrected chi connectivity index (χ1v) is 6.01. The number of nitrogens with one attached hydrogen (secondary N) is 2. The Morgan fingerprint density at radius 1 is 1.53 bits per heavy atom. The summed E-state index contributed by atoms with van der Waals surface area (Å²) >= 11 is 0. The summed E-state index contributed by atoms with van der Waals surface area (Å²) in [6.07, 6.45) is 2.74. The molecule has 1 unspecified atom stereocenters. The Kier molecular flexibility index (Phi) is 3.64. The van der Waals surface area contributed by atoms with Gasteiger partial charge in [0.25, 0.3) is 0 Å². The molecule has 0 amide bonds. The molecular weight excluding hydrogens is 214 g/mol. The van der Waals surface area contributed by atoms with E-state index in [1.165, 1.54) is 0 Å². The van der Waals surface area contributed by atoms with Crippen molar-refractivity contribution in [2.75, 3.05) is 13.6 Å². The van der Waals surface area contributed by atoms with Gasteiger partial charge in [0.1, 0.15) is 11.5 Å². The molecule has 0 saturated carbocycles. The van der Waals surface area contributed by atoms with Crippen LogP contribution in [0.25, 0.3) is 11.5 Å². The predicted octanol–water partition coefficient (Wildman–Crippen LogP) is 2.69. The second-order valence-corrected chi connectivity index (χ2v) is 4.24. The van der Waals surface area contributed by atoms with Crippen LogP contribution in [0.15, 0.2) is 22.8 Å². The van der Waals surface area contributed by atoms with E-state index in [4.69, 9.17) is 4.42 Å². The topological polar surface area (TPSA) is 53.9 Å². The van der Waals surface area contributed by atoms with Crippen LogP contribution in [-0.2, 0) is 0 Å². The second kappa shape index (κ2) is 5.19. The fourth-order valence-electron chi connectivity index (χ4n) is 2.01. The summed E-state index contributed by atoms with van der Waals surface area (Å²) in [5.41, 5.74) is 1.98. The SMILES string of the molecule is CCC(CNC)c1nc(-c2ccco2)c(C)[nH]1. The first-order chi connectivity index (χ1) is 8.26. The van der Waals surface area contributed by atoms with E-state index in [2.05, 4.69) is 22.2 Å².